The van der Waals surface area contributed by atoms with Gasteiger partial charge in [0.1, 0.15) is 5.75 Å². The molecular weight excluding hydrogens is 250 g/mol. The van der Waals surface area contributed by atoms with Crippen LogP contribution in [0, 0.1) is 13.8 Å². The number of aryl methyl sites for hydroxylation is 2. The second-order valence-electron chi connectivity index (χ2n) is 5.56. The smallest absolute Gasteiger partial charge is 0.119 e. The first kappa shape index (κ1) is 15.2. The number of ether oxygens (including phenoxy) is 2. The Bertz CT molecular complexity index is 402. The molecule has 1 saturated heterocycles. The summed E-state index contributed by atoms with van der Waals surface area (Å²) in [7, 11) is 0. The van der Waals surface area contributed by atoms with Crippen molar-refractivity contribution in [2.75, 3.05) is 37.8 Å². The van der Waals surface area contributed by atoms with Crippen molar-refractivity contribution < 1.29 is 9.47 Å². The van der Waals surface area contributed by atoms with Crippen LogP contribution in [-0.4, -0.2) is 32.9 Å². The molecule has 3 nitrogen and oxygen atoms in total. The lowest BCUT2D eigenvalue weighted by Gasteiger charge is -2.31. The molecule has 0 aromatic heterocycles. The van der Waals surface area contributed by atoms with Crippen LogP contribution in [0.5, 0.6) is 5.75 Å². The molecule has 1 aliphatic rings. The second-order valence-corrected chi connectivity index (χ2v) is 5.56. The highest BCUT2D eigenvalue weighted by molar-refractivity contribution is 5.61. The Hall–Kier alpha value is -1.22. The largest absolute Gasteiger partial charge is 0.494 e. The molecule has 0 atom stereocenters. The summed E-state index contributed by atoms with van der Waals surface area (Å²) in [4.78, 5) is 2.43. The van der Waals surface area contributed by atoms with Crippen molar-refractivity contribution in [2.24, 2.45) is 0 Å². The van der Waals surface area contributed by atoms with Gasteiger partial charge in [0.25, 0.3) is 0 Å². The predicted molar refractivity (Wildman–Crippen MR) is 84.0 cm³/mol. The van der Waals surface area contributed by atoms with Gasteiger partial charge >= 0.3 is 0 Å². The first-order valence-corrected chi connectivity index (χ1v) is 7.79. The topological polar surface area (TPSA) is 21.7 Å². The fraction of sp³-hybridized carbons (Fsp3) is 0.647. The van der Waals surface area contributed by atoms with E-state index in [9.17, 15) is 0 Å². The molecule has 0 unspecified atom stereocenters. The molecule has 1 fully saturated rings. The summed E-state index contributed by atoms with van der Waals surface area (Å²) < 4.78 is 11.3. The minimum Gasteiger partial charge on any atom is -0.494 e. The van der Waals surface area contributed by atoms with Gasteiger partial charge in [-0.15, -0.1) is 0 Å². The molecule has 0 amide bonds. The third kappa shape index (κ3) is 3.89. The summed E-state index contributed by atoms with van der Waals surface area (Å²) in [5, 5.41) is 0. The molecular formula is C17H27NO2. The zero-order valence-corrected chi connectivity index (χ0v) is 13.1. The van der Waals surface area contributed by atoms with E-state index >= 15 is 0 Å². The maximum Gasteiger partial charge on any atom is 0.119 e. The Labute approximate surface area is 122 Å². The first-order valence-electron chi connectivity index (χ1n) is 7.79. The summed E-state index contributed by atoms with van der Waals surface area (Å²) >= 11 is 0. The molecule has 1 aromatic rings. The van der Waals surface area contributed by atoms with Crippen molar-refractivity contribution in [3.63, 3.8) is 0 Å². The van der Waals surface area contributed by atoms with Crippen LogP contribution in [-0.2, 0) is 4.74 Å². The number of morpholine rings is 1. The SMILES string of the molecule is CCCCCOc1cc(C)c(N2CCOCC2)c(C)c1. The third-order valence-electron chi connectivity index (χ3n) is 3.81. The van der Waals surface area contributed by atoms with Gasteiger partial charge < -0.3 is 14.4 Å². The minimum absolute atomic E-state index is 0.823. The lowest BCUT2D eigenvalue weighted by Crippen LogP contribution is -2.37. The average Bonchev–Trinajstić information content (AvgIpc) is 2.44. The quantitative estimate of drug-likeness (QED) is 0.740. The molecule has 1 aliphatic heterocycles. The van der Waals surface area contributed by atoms with Gasteiger partial charge in [0.2, 0.25) is 0 Å². The molecule has 0 bridgehead atoms. The van der Waals surface area contributed by atoms with E-state index in [4.69, 9.17) is 9.47 Å². The second kappa shape index (κ2) is 7.53. The van der Waals surface area contributed by atoms with Crippen molar-refractivity contribution in [2.45, 2.75) is 40.0 Å². The number of anilines is 1. The molecule has 0 aliphatic carbocycles. The lowest BCUT2D eigenvalue weighted by molar-refractivity contribution is 0.122. The third-order valence-corrected chi connectivity index (χ3v) is 3.81. The van der Waals surface area contributed by atoms with Crippen LogP contribution in [0.15, 0.2) is 12.1 Å². The van der Waals surface area contributed by atoms with Gasteiger partial charge in [0.15, 0.2) is 0 Å². The van der Waals surface area contributed by atoms with Gasteiger partial charge in [-0.1, -0.05) is 19.8 Å². The van der Waals surface area contributed by atoms with Crippen LogP contribution in [0.1, 0.15) is 37.3 Å². The highest BCUT2D eigenvalue weighted by Crippen LogP contribution is 2.30. The van der Waals surface area contributed by atoms with Crippen molar-refractivity contribution in [3.8, 4) is 5.75 Å². The van der Waals surface area contributed by atoms with E-state index in [1.54, 1.807) is 0 Å². The van der Waals surface area contributed by atoms with Gasteiger partial charge in [-0.25, -0.2) is 0 Å². The monoisotopic (exact) mass is 277 g/mol. The highest BCUT2D eigenvalue weighted by atomic mass is 16.5. The number of hydrogen-bond donors (Lipinski definition) is 0. The molecule has 112 valence electrons. The van der Waals surface area contributed by atoms with Crippen LogP contribution in [0.3, 0.4) is 0 Å². The summed E-state index contributed by atoms with van der Waals surface area (Å²) in [6.07, 6.45) is 3.61. The Morgan fingerprint density at radius 2 is 1.75 bits per heavy atom. The van der Waals surface area contributed by atoms with E-state index in [1.807, 2.05) is 0 Å². The van der Waals surface area contributed by atoms with Gasteiger partial charge in [0, 0.05) is 18.8 Å². The standard InChI is InChI=1S/C17H27NO2/c1-4-5-6-9-20-16-12-14(2)17(15(3)13-16)18-7-10-19-11-8-18/h12-13H,4-11H2,1-3H3. The summed E-state index contributed by atoms with van der Waals surface area (Å²) in [6, 6.07) is 4.34. The predicted octanol–water partition coefficient (Wildman–Crippen LogP) is 3.71. The van der Waals surface area contributed by atoms with Crippen molar-refractivity contribution in [1.29, 1.82) is 0 Å². The van der Waals surface area contributed by atoms with Gasteiger partial charge in [-0.2, -0.15) is 0 Å². The molecule has 0 saturated carbocycles. The number of benzene rings is 1. The van der Waals surface area contributed by atoms with Gasteiger partial charge in [-0.3, -0.25) is 0 Å². The first-order chi connectivity index (χ1) is 9.72. The molecule has 1 aromatic carbocycles. The maximum atomic E-state index is 5.87. The van der Waals surface area contributed by atoms with E-state index < -0.39 is 0 Å². The normalized spacial score (nSPS) is 15.4. The zero-order valence-electron chi connectivity index (χ0n) is 13.1. The fourth-order valence-corrected chi connectivity index (χ4v) is 2.83. The van der Waals surface area contributed by atoms with E-state index in [0.717, 1.165) is 45.1 Å². The Kier molecular flexibility index (Phi) is 5.72. The lowest BCUT2D eigenvalue weighted by atomic mass is 10.1. The molecule has 20 heavy (non-hydrogen) atoms. The maximum absolute atomic E-state index is 5.87. The number of rotatable bonds is 6. The number of hydrogen-bond acceptors (Lipinski definition) is 3. The van der Waals surface area contributed by atoms with Crippen LogP contribution in [0.2, 0.25) is 0 Å². The van der Waals surface area contributed by atoms with Crippen LogP contribution in [0.4, 0.5) is 5.69 Å². The highest BCUT2D eigenvalue weighted by Gasteiger charge is 2.16. The summed E-state index contributed by atoms with van der Waals surface area (Å²) in [6.45, 7) is 11.0. The average molecular weight is 277 g/mol. The molecule has 0 N–H and O–H groups in total. The summed E-state index contributed by atoms with van der Waals surface area (Å²) in [5.41, 5.74) is 3.96. The Morgan fingerprint density at radius 1 is 1.10 bits per heavy atom. The Balaban J connectivity index is 2.04. The molecule has 0 spiro atoms. The van der Waals surface area contributed by atoms with E-state index in [2.05, 4.69) is 37.8 Å². The minimum atomic E-state index is 0.823. The van der Waals surface area contributed by atoms with Gasteiger partial charge in [0.05, 0.1) is 19.8 Å². The van der Waals surface area contributed by atoms with Crippen LogP contribution in [0.25, 0.3) is 0 Å². The van der Waals surface area contributed by atoms with Crippen molar-refractivity contribution in [3.05, 3.63) is 23.3 Å². The number of unbranched alkanes of at least 4 members (excludes halogenated alkanes) is 2. The van der Waals surface area contributed by atoms with Crippen LogP contribution < -0.4 is 9.64 Å². The van der Waals surface area contributed by atoms with E-state index in [-0.39, 0.29) is 0 Å². The Morgan fingerprint density at radius 3 is 2.35 bits per heavy atom. The van der Waals surface area contributed by atoms with Crippen molar-refractivity contribution in [1.82, 2.24) is 0 Å². The molecule has 2 rings (SSSR count). The van der Waals surface area contributed by atoms with Crippen molar-refractivity contribution >= 4 is 5.69 Å². The van der Waals surface area contributed by atoms with E-state index in [1.165, 1.54) is 29.7 Å². The summed E-state index contributed by atoms with van der Waals surface area (Å²) in [5.74, 6) is 1.01. The number of nitrogens with zero attached hydrogens (tertiary/aromatic N) is 1. The zero-order chi connectivity index (χ0) is 14.4. The molecule has 1 heterocycles. The molecule has 3 heteroatoms. The van der Waals surface area contributed by atoms with Crippen LogP contribution >= 0.6 is 0 Å². The molecule has 0 radical (unpaired) electrons. The van der Waals surface area contributed by atoms with E-state index in [0.29, 0.717) is 0 Å². The fourth-order valence-electron chi connectivity index (χ4n) is 2.83. The van der Waals surface area contributed by atoms with Gasteiger partial charge in [-0.05, 0) is 43.5 Å².